The van der Waals surface area contributed by atoms with Gasteiger partial charge in [-0.15, -0.1) is 0 Å². The molecule has 1 unspecified atom stereocenters. The Morgan fingerprint density at radius 1 is 1.16 bits per heavy atom. The zero-order valence-corrected chi connectivity index (χ0v) is 15.0. The van der Waals surface area contributed by atoms with E-state index in [1.807, 2.05) is 6.07 Å². The fourth-order valence-electron chi connectivity index (χ4n) is 3.53. The smallest absolute Gasteiger partial charge is 0.331 e. The van der Waals surface area contributed by atoms with Gasteiger partial charge in [0.2, 0.25) is 0 Å². The molecule has 5 nitrogen and oxygen atoms in total. The van der Waals surface area contributed by atoms with Crippen LogP contribution < -0.4 is 4.90 Å². The highest BCUT2D eigenvalue weighted by molar-refractivity contribution is 5.90. The summed E-state index contributed by atoms with van der Waals surface area (Å²) in [6.07, 6.45) is 6.70. The van der Waals surface area contributed by atoms with E-state index in [4.69, 9.17) is 4.74 Å². The molecule has 1 aromatic carbocycles. The zero-order valence-electron chi connectivity index (χ0n) is 15.0. The van der Waals surface area contributed by atoms with Crippen LogP contribution in [0.4, 0.5) is 5.69 Å². The Labute approximate surface area is 149 Å². The van der Waals surface area contributed by atoms with E-state index in [2.05, 4.69) is 24.1 Å². The molecule has 2 aliphatic rings. The van der Waals surface area contributed by atoms with Gasteiger partial charge in [-0.05, 0) is 61.9 Å². The molecule has 2 aliphatic heterocycles. The highest BCUT2D eigenvalue weighted by Crippen LogP contribution is 2.27. The van der Waals surface area contributed by atoms with Crippen LogP contribution in [-0.4, -0.2) is 49.6 Å². The third kappa shape index (κ3) is 4.21. The van der Waals surface area contributed by atoms with Crippen molar-refractivity contribution in [1.29, 1.82) is 0 Å². The quantitative estimate of drug-likeness (QED) is 0.623. The molecule has 0 saturated carbocycles. The average molecular weight is 342 g/mol. The van der Waals surface area contributed by atoms with Crippen molar-refractivity contribution in [2.24, 2.45) is 0 Å². The molecular formula is C20H26N2O3. The van der Waals surface area contributed by atoms with Crippen LogP contribution in [-0.2, 0) is 20.7 Å². The van der Waals surface area contributed by atoms with Crippen LogP contribution >= 0.6 is 0 Å². The van der Waals surface area contributed by atoms with Crippen molar-refractivity contribution in [3.63, 3.8) is 0 Å². The standard InChI is InChI=1S/C20H26N2O3/c1-15(20(24)22-12-3-4-13-22)25-19(23)10-8-16-7-9-18-17(14-16)6-5-11-21(18)2/h7-10,14-15H,3-6,11-13H2,1-2H3/b10-8+. The number of aryl methyl sites for hydroxylation is 1. The molecule has 3 rings (SSSR count). The van der Waals surface area contributed by atoms with Gasteiger partial charge < -0.3 is 14.5 Å². The molecule has 1 saturated heterocycles. The molecule has 0 aromatic heterocycles. The topological polar surface area (TPSA) is 49.9 Å². The average Bonchev–Trinajstić information content (AvgIpc) is 3.14. The maximum absolute atomic E-state index is 12.2. The maximum Gasteiger partial charge on any atom is 0.331 e. The molecule has 134 valence electrons. The molecule has 0 radical (unpaired) electrons. The zero-order chi connectivity index (χ0) is 17.8. The third-order valence-electron chi connectivity index (χ3n) is 4.92. The Hall–Kier alpha value is -2.30. The first-order valence-corrected chi connectivity index (χ1v) is 9.06. The van der Waals surface area contributed by atoms with Crippen LogP contribution in [0.5, 0.6) is 0 Å². The van der Waals surface area contributed by atoms with Crippen molar-refractivity contribution in [3.8, 4) is 0 Å². The molecule has 0 N–H and O–H groups in total. The number of esters is 1. The molecule has 1 aromatic rings. The summed E-state index contributed by atoms with van der Waals surface area (Å²) in [6, 6.07) is 6.22. The first-order valence-electron chi connectivity index (χ1n) is 9.06. The van der Waals surface area contributed by atoms with Crippen LogP contribution in [0.2, 0.25) is 0 Å². The van der Waals surface area contributed by atoms with Gasteiger partial charge in [0.25, 0.3) is 5.91 Å². The summed E-state index contributed by atoms with van der Waals surface area (Å²) in [7, 11) is 2.10. The van der Waals surface area contributed by atoms with Crippen LogP contribution in [0, 0.1) is 0 Å². The lowest BCUT2D eigenvalue weighted by atomic mass is 9.99. The van der Waals surface area contributed by atoms with Crippen molar-refractivity contribution in [3.05, 3.63) is 35.4 Å². The number of fused-ring (bicyclic) bond motifs is 1. The number of hydrogen-bond acceptors (Lipinski definition) is 4. The minimum Gasteiger partial charge on any atom is -0.449 e. The summed E-state index contributed by atoms with van der Waals surface area (Å²) >= 11 is 0. The Balaban J connectivity index is 1.58. The maximum atomic E-state index is 12.2. The Morgan fingerprint density at radius 3 is 2.68 bits per heavy atom. The number of rotatable bonds is 4. The highest BCUT2D eigenvalue weighted by atomic mass is 16.5. The predicted octanol–water partition coefficient (Wildman–Crippen LogP) is 2.64. The predicted molar refractivity (Wildman–Crippen MR) is 98.4 cm³/mol. The lowest BCUT2D eigenvalue weighted by Crippen LogP contribution is -2.37. The summed E-state index contributed by atoms with van der Waals surface area (Å²) in [5.41, 5.74) is 3.54. The molecule has 0 bridgehead atoms. The summed E-state index contributed by atoms with van der Waals surface area (Å²) in [5.74, 6) is -0.578. The van der Waals surface area contributed by atoms with Crippen molar-refractivity contribution in [1.82, 2.24) is 4.90 Å². The monoisotopic (exact) mass is 342 g/mol. The van der Waals surface area contributed by atoms with Crippen molar-refractivity contribution in [2.45, 2.75) is 38.7 Å². The van der Waals surface area contributed by atoms with Crippen LogP contribution in [0.3, 0.4) is 0 Å². The van der Waals surface area contributed by atoms with Gasteiger partial charge in [0.15, 0.2) is 6.10 Å². The first kappa shape index (κ1) is 17.5. The Kier molecular flexibility index (Phi) is 5.41. The number of anilines is 1. The lowest BCUT2D eigenvalue weighted by Gasteiger charge is -2.27. The molecule has 2 heterocycles. The molecule has 1 atom stereocenters. The second kappa shape index (κ2) is 7.72. The van der Waals surface area contributed by atoms with Crippen molar-refractivity contribution < 1.29 is 14.3 Å². The lowest BCUT2D eigenvalue weighted by molar-refractivity contribution is -0.154. The number of amides is 1. The largest absolute Gasteiger partial charge is 0.449 e. The Bertz CT molecular complexity index is 678. The SMILES string of the molecule is CC(OC(=O)/C=C/c1ccc2c(c1)CCCN2C)C(=O)N1CCCC1. The van der Waals surface area contributed by atoms with E-state index in [0.717, 1.165) is 50.9 Å². The molecule has 1 fully saturated rings. The number of ether oxygens (including phenoxy) is 1. The van der Waals surface area contributed by atoms with E-state index in [0.29, 0.717) is 0 Å². The second-order valence-electron chi connectivity index (χ2n) is 6.86. The van der Waals surface area contributed by atoms with E-state index in [1.165, 1.54) is 17.3 Å². The van der Waals surface area contributed by atoms with Gasteiger partial charge in [-0.1, -0.05) is 6.07 Å². The second-order valence-corrected chi connectivity index (χ2v) is 6.86. The van der Waals surface area contributed by atoms with Gasteiger partial charge >= 0.3 is 5.97 Å². The normalized spacial score (nSPS) is 18.3. The highest BCUT2D eigenvalue weighted by Gasteiger charge is 2.25. The van der Waals surface area contributed by atoms with Gasteiger partial charge in [0, 0.05) is 38.4 Å². The van der Waals surface area contributed by atoms with Gasteiger partial charge in [0.05, 0.1) is 0 Å². The van der Waals surface area contributed by atoms with Gasteiger partial charge in [0.1, 0.15) is 0 Å². The van der Waals surface area contributed by atoms with Crippen LogP contribution in [0.1, 0.15) is 37.3 Å². The summed E-state index contributed by atoms with van der Waals surface area (Å²) in [4.78, 5) is 28.2. The molecule has 0 aliphatic carbocycles. The summed E-state index contributed by atoms with van der Waals surface area (Å²) in [5, 5.41) is 0. The number of likely N-dealkylation sites (tertiary alicyclic amines) is 1. The van der Waals surface area contributed by atoms with Gasteiger partial charge in [-0.3, -0.25) is 4.79 Å². The van der Waals surface area contributed by atoms with Crippen molar-refractivity contribution in [2.75, 3.05) is 31.6 Å². The summed E-state index contributed by atoms with van der Waals surface area (Å²) in [6.45, 7) is 4.25. The van der Waals surface area contributed by atoms with Crippen molar-refractivity contribution >= 4 is 23.6 Å². The van der Waals surface area contributed by atoms with Crippen LogP contribution in [0.25, 0.3) is 6.08 Å². The number of nitrogens with zero attached hydrogens (tertiary/aromatic N) is 2. The van der Waals surface area contributed by atoms with Gasteiger partial charge in [-0.2, -0.15) is 0 Å². The van der Waals surface area contributed by atoms with Crippen LogP contribution in [0.15, 0.2) is 24.3 Å². The fourth-order valence-corrected chi connectivity index (χ4v) is 3.53. The summed E-state index contributed by atoms with van der Waals surface area (Å²) < 4.78 is 5.25. The van der Waals surface area contributed by atoms with E-state index >= 15 is 0 Å². The van der Waals surface area contributed by atoms with E-state index in [9.17, 15) is 9.59 Å². The number of benzene rings is 1. The third-order valence-corrected chi connectivity index (χ3v) is 4.92. The number of hydrogen-bond donors (Lipinski definition) is 0. The molecular weight excluding hydrogens is 316 g/mol. The van der Waals surface area contributed by atoms with E-state index in [-0.39, 0.29) is 5.91 Å². The number of carbonyl (C=O) groups is 2. The molecule has 0 spiro atoms. The first-order chi connectivity index (χ1) is 12.0. The Morgan fingerprint density at radius 2 is 1.92 bits per heavy atom. The fraction of sp³-hybridized carbons (Fsp3) is 0.500. The van der Waals surface area contributed by atoms with Gasteiger partial charge in [-0.25, -0.2) is 4.79 Å². The van der Waals surface area contributed by atoms with E-state index < -0.39 is 12.1 Å². The minimum atomic E-state index is -0.729. The number of carbonyl (C=O) groups excluding carboxylic acids is 2. The minimum absolute atomic E-state index is 0.101. The molecule has 5 heteroatoms. The van der Waals surface area contributed by atoms with E-state index in [1.54, 1.807) is 17.9 Å². The molecule has 25 heavy (non-hydrogen) atoms. The molecule has 1 amide bonds.